The normalized spacial score (nSPS) is 12.5. The van der Waals surface area contributed by atoms with Gasteiger partial charge in [0.25, 0.3) is 0 Å². The zero-order valence-corrected chi connectivity index (χ0v) is 18.1. The molecule has 0 aliphatic carbocycles. The molecule has 4 aromatic rings. The van der Waals surface area contributed by atoms with E-state index in [0.29, 0.717) is 43.3 Å². The summed E-state index contributed by atoms with van der Waals surface area (Å²) in [6.45, 7) is 0.355. The van der Waals surface area contributed by atoms with Gasteiger partial charge in [-0.2, -0.15) is 0 Å². The third kappa shape index (κ3) is 3.49. The van der Waals surface area contributed by atoms with E-state index in [9.17, 15) is 9.90 Å². The van der Waals surface area contributed by atoms with Gasteiger partial charge in [-0.1, -0.05) is 53.0 Å². The van der Waals surface area contributed by atoms with Crippen LogP contribution in [-0.2, 0) is 6.54 Å². The molecule has 2 heterocycles. The molecule has 31 heavy (non-hydrogen) atoms. The highest BCUT2D eigenvalue weighted by molar-refractivity contribution is 6.35. The number of ether oxygens (including phenoxy) is 2. The topological polar surface area (TPSA) is 60.7 Å². The van der Waals surface area contributed by atoms with Crippen LogP contribution in [0.15, 0.2) is 54.6 Å². The van der Waals surface area contributed by atoms with Crippen molar-refractivity contribution in [2.75, 3.05) is 6.79 Å². The van der Waals surface area contributed by atoms with Crippen molar-refractivity contribution in [2.45, 2.75) is 6.54 Å². The number of para-hydroxylation sites is 1. The Hall–Kier alpha value is -2.86. The van der Waals surface area contributed by atoms with Gasteiger partial charge in [-0.25, -0.2) is 4.79 Å². The van der Waals surface area contributed by atoms with E-state index in [4.69, 9.17) is 44.3 Å². The van der Waals surface area contributed by atoms with Gasteiger partial charge in [0.15, 0.2) is 11.5 Å². The molecule has 5 nitrogen and oxygen atoms in total. The summed E-state index contributed by atoms with van der Waals surface area (Å²) in [6, 6.07) is 16.0. The molecule has 1 aliphatic rings. The SMILES string of the molecule is O=C(O)c1c(-c2cc(Cl)cc(Cl)c2)c2ccccc2n1Cc1cc2c(cc1Cl)OCO2. The van der Waals surface area contributed by atoms with Gasteiger partial charge in [0.05, 0.1) is 6.54 Å². The predicted octanol–water partition coefficient (Wildman–Crippen LogP) is 6.74. The lowest BCUT2D eigenvalue weighted by Crippen LogP contribution is -2.11. The Bertz CT molecular complexity index is 1340. The summed E-state index contributed by atoms with van der Waals surface area (Å²) in [6.07, 6.45) is 0. The molecule has 0 radical (unpaired) electrons. The number of fused-ring (bicyclic) bond motifs is 2. The largest absolute Gasteiger partial charge is 0.477 e. The lowest BCUT2D eigenvalue weighted by atomic mass is 10.0. The lowest BCUT2D eigenvalue weighted by Gasteiger charge is -2.12. The van der Waals surface area contributed by atoms with Crippen molar-refractivity contribution in [3.8, 4) is 22.6 Å². The number of rotatable bonds is 4. The highest BCUT2D eigenvalue weighted by atomic mass is 35.5. The second-order valence-electron chi connectivity index (χ2n) is 7.09. The average Bonchev–Trinajstić information content (AvgIpc) is 3.29. The second-order valence-corrected chi connectivity index (χ2v) is 8.37. The first-order valence-corrected chi connectivity index (χ1v) is 10.4. The Morgan fingerprint density at radius 2 is 1.65 bits per heavy atom. The maximum atomic E-state index is 12.5. The van der Waals surface area contributed by atoms with Crippen LogP contribution < -0.4 is 9.47 Å². The summed E-state index contributed by atoms with van der Waals surface area (Å²) in [5.41, 5.74) is 2.75. The summed E-state index contributed by atoms with van der Waals surface area (Å²) in [4.78, 5) is 12.5. The number of aromatic nitrogens is 1. The first-order valence-electron chi connectivity index (χ1n) is 9.31. The minimum Gasteiger partial charge on any atom is -0.477 e. The molecule has 1 aliphatic heterocycles. The molecule has 0 unspecified atom stereocenters. The highest BCUT2D eigenvalue weighted by Gasteiger charge is 2.25. The van der Waals surface area contributed by atoms with E-state index < -0.39 is 5.97 Å². The number of halogens is 3. The summed E-state index contributed by atoms with van der Waals surface area (Å²) in [5, 5.41) is 12.3. The fraction of sp³-hybridized carbons (Fsp3) is 0.0870. The van der Waals surface area contributed by atoms with E-state index in [1.807, 2.05) is 24.3 Å². The van der Waals surface area contributed by atoms with Crippen LogP contribution in [0.4, 0.5) is 0 Å². The van der Waals surface area contributed by atoms with Gasteiger partial charge < -0.3 is 19.1 Å². The smallest absolute Gasteiger partial charge is 0.353 e. The van der Waals surface area contributed by atoms with Crippen molar-refractivity contribution in [1.82, 2.24) is 4.57 Å². The van der Waals surface area contributed by atoms with Crippen LogP contribution in [0, 0.1) is 0 Å². The minimum absolute atomic E-state index is 0.119. The molecule has 0 atom stereocenters. The number of hydrogen-bond donors (Lipinski definition) is 1. The molecule has 0 spiro atoms. The standard InChI is InChI=1S/C23H14Cl3NO4/c24-14-5-12(6-15(25)8-14)21-16-3-1-2-4-18(16)27(22(21)23(28)29)10-13-7-19-20(9-17(13)26)31-11-30-19/h1-9H,10-11H2,(H,28,29). The van der Waals surface area contributed by atoms with E-state index in [1.165, 1.54) is 0 Å². The molecule has 1 aromatic heterocycles. The van der Waals surface area contributed by atoms with Gasteiger partial charge in [0.1, 0.15) is 5.69 Å². The molecule has 5 rings (SSSR count). The van der Waals surface area contributed by atoms with Gasteiger partial charge in [-0.15, -0.1) is 0 Å². The van der Waals surface area contributed by atoms with Gasteiger partial charge in [-0.05, 0) is 41.5 Å². The van der Waals surface area contributed by atoms with Crippen LogP contribution in [0.2, 0.25) is 15.1 Å². The Balaban J connectivity index is 1.76. The van der Waals surface area contributed by atoms with Gasteiger partial charge in [0.2, 0.25) is 6.79 Å². The molecular weight excluding hydrogens is 461 g/mol. The van der Waals surface area contributed by atoms with Crippen molar-refractivity contribution in [3.05, 3.63) is 80.9 Å². The van der Waals surface area contributed by atoms with E-state index in [-0.39, 0.29) is 19.0 Å². The van der Waals surface area contributed by atoms with Crippen LogP contribution >= 0.6 is 34.8 Å². The lowest BCUT2D eigenvalue weighted by molar-refractivity contribution is 0.0687. The molecular formula is C23H14Cl3NO4. The number of benzene rings is 3. The Morgan fingerprint density at radius 1 is 0.968 bits per heavy atom. The maximum Gasteiger partial charge on any atom is 0.353 e. The Kier molecular flexibility index (Phi) is 4.97. The molecule has 0 fully saturated rings. The number of carboxylic acids is 1. The van der Waals surface area contributed by atoms with Crippen molar-refractivity contribution < 1.29 is 19.4 Å². The van der Waals surface area contributed by atoms with Crippen LogP contribution in [0.5, 0.6) is 11.5 Å². The Labute approximate surface area is 192 Å². The molecule has 0 bridgehead atoms. The third-order valence-corrected chi connectivity index (χ3v) is 5.98. The molecule has 8 heteroatoms. The maximum absolute atomic E-state index is 12.5. The fourth-order valence-corrected chi connectivity index (χ4v) is 4.67. The predicted molar refractivity (Wildman–Crippen MR) is 121 cm³/mol. The monoisotopic (exact) mass is 473 g/mol. The number of hydrogen-bond acceptors (Lipinski definition) is 3. The fourth-order valence-electron chi connectivity index (χ4n) is 3.93. The van der Waals surface area contributed by atoms with Crippen molar-refractivity contribution >= 4 is 51.7 Å². The second kappa shape index (κ2) is 7.68. The first kappa shape index (κ1) is 20.1. The zero-order valence-electron chi connectivity index (χ0n) is 15.9. The van der Waals surface area contributed by atoms with Gasteiger partial charge in [0, 0.05) is 37.6 Å². The highest BCUT2D eigenvalue weighted by Crippen LogP contribution is 2.40. The third-order valence-electron chi connectivity index (χ3n) is 5.19. The quantitative estimate of drug-likeness (QED) is 0.356. The van der Waals surface area contributed by atoms with E-state index in [0.717, 1.165) is 10.9 Å². The molecule has 156 valence electrons. The van der Waals surface area contributed by atoms with Gasteiger partial charge in [-0.3, -0.25) is 0 Å². The Morgan fingerprint density at radius 3 is 2.35 bits per heavy atom. The van der Waals surface area contributed by atoms with Crippen LogP contribution in [0.3, 0.4) is 0 Å². The zero-order chi connectivity index (χ0) is 21.7. The van der Waals surface area contributed by atoms with E-state index in [1.54, 1.807) is 34.9 Å². The van der Waals surface area contributed by atoms with E-state index >= 15 is 0 Å². The van der Waals surface area contributed by atoms with Crippen LogP contribution in [0.25, 0.3) is 22.0 Å². The van der Waals surface area contributed by atoms with Crippen molar-refractivity contribution in [1.29, 1.82) is 0 Å². The van der Waals surface area contributed by atoms with Crippen LogP contribution in [-0.4, -0.2) is 22.4 Å². The summed E-state index contributed by atoms with van der Waals surface area (Å²) in [7, 11) is 0. The number of aromatic carboxylic acids is 1. The molecule has 0 amide bonds. The summed E-state index contributed by atoms with van der Waals surface area (Å²) in [5.74, 6) is 0.0765. The molecule has 0 saturated carbocycles. The van der Waals surface area contributed by atoms with Crippen molar-refractivity contribution in [3.63, 3.8) is 0 Å². The number of carboxylic acid groups (broad SMARTS) is 1. The summed E-state index contributed by atoms with van der Waals surface area (Å²) < 4.78 is 12.6. The average molecular weight is 475 g/mol. The molecule has 1 N–H and O–H groups in total. The van der Waals surface area contributed by atoms with E-state index in [2.05, 4.69) is 0 Å². The molecule has 3 aromatic carbocycles. The number of nitrogens with zero attached hydrogens (tertiary/aromatic N) is 1. The van der Waals surface area contributed by atoms with Crippen molar-refractivity contribution in [2.24, 2.45) is 0 Å². The van der Waals surface area contributed by atoms with Crippen LogP contribution in [0.1, 0.15) is 16.1 Å². The molecule has 0 saturated heterocycles. The number of carbonyl (C=O) groups is 1. The van der Waals surface area contributed by atoms with Gasteiger partial charge >= 0.3 is 5.97 Å². The first-order chi connectivity index (χ1) is 14.9. The summed E-state index contributed by atoms with van der Waals surface area (Å²) >= 11 is 18.9. The minimum atomic E-state index is -1.07.